The minimum Gasteiger partial charge on any atom is -0.454 e. The number of aromatic nitrogens is 4. The van der Waals surface area contributed by atoms with Crippen LogP contribution < -0.4 is 30.0 Å². The lowest BCUT2D eigenvalue weighted by Crippen LogP contribution is -2.28. The molecule has 0 saturated heterocycles. The van der Waals surface area contributed by atoms with Gasteiger partial charge in [-0.05, 0) is 98.7 Å². The maximum Gasteiger partial charge on any atom is 0.237 e. The topological polar surface area (TPSA) is 161 Å². The van der Waals surface area contributed by atoms with E-state index in [4.69, 9.17) is 36.3 Å². The SMILES string of the molecule is Cc1ccnc(N)n1.Cc1ccnc(NC(=O)C2(c3ccc4c(c3)OCO4)CC2)n1.O=C(Cl)C1(c2ccc3c(c2)OCO3)CC1. The van der Waals surface area contributed by atoms with E-state index in [1.54, 1.807) is 24.5 Å². The number of hydrogen-bond donors (Lipinski definition) is 2. The number of nitrogens with zero attached hydrogens (tertiary/aromatic N) is 4. The number of amides is 1. The van der Waals surface area contributed by atoms with Crippen molar-refractivity contribution in [2.45, 2.75) is 50.4 Å². The normalized spacial score (nSPS) is 16.7. The Morgan fingerprint density at radius 1 is 0.733 bits per heavy atom. The van der Waals surface area contributed by atoms with Crippen LogP contribution in [0.25, 0.3) is 0 Å². The number of hydrogen-bond acceptors (Lipinski definition) is 11. The first-order chi connectivity index (χ1) is 21.7. The van der Waals surface area contributed by atoms with Crippen LogP contribution in [0.15, 0.2) is 60.9 Å². The molecule has 0 bridgehead atoms. The number of nitrogens with two attached hydrogens (primary N) is 1. The van der Waals surface area contributed by atoms with Gasteiger partial charge in [0.2, 0.25) is 36.6 Å². The van der Waals surface area contributed by atoms with E-state index in [2.05, 4.69) is 25.3 Å². The molecule has 232 valence electrons. The molecule has 4 aliphatic rings. The molecule has 0 radical (unpaired) electrons. The van der Waals surface area contributed by atoms with Crippen molar-refractivity contribution >= 4 is 34.6 Å². The van der Waals surface area contributed by atoms with Gasteiger partial charge in [-0.2, -0.15) is 0 Å². The number of carbonyl (C=O) groups is 2. The van der Waals surface area contributed by atoms with E-state index in [0.717, 1.165) is 59.7 Å². The van der Waals surface area contributed by atoms with Crippen molar-refractivity contribution in [1.82, 2.24) is 19.9 Å². The number of nitrogen functional groups attached to an aromatic ring is 1. The fourth-order valence-electron chi connectivity index (χ4n) is 5.08. The van der Waals surface area contributed by atoms with Crippen LogP contribution in [0.2, 0.25) is 0 Å². The molecule has 8 rings (SSSR count). The highest BCUT2D eigenvalue weighted by atomic mass is 35.5. The molecule has 2 fully saturated rings. The molecule has 4 heterocycles. The Kier molecular flexibility index (Phi) is 8.15. The Morgan fingerprint density at radius 2 is 1.24 bits per heavy atom. The number of anilines is 2. The second-order valence-corrected chi connectivity index (χ2v) is 11.4. The highest BCUT2D eigenvalue weighted by molar-refractivity contribution is 6.66. The molecule has 2 aliphatic heterocycles. The van der Waals surface area contributed by atoms with Gasteiger partial charge in [0.1, 0.15) is 0 Å². The minimum absolute atomic E-state index is 0.0723. The fraction of sp³-hybridized carbons (Fsp3) is 0.312. The number of ether oxygens (including phenoxy) is 4. The standard InChI is InChI=1S/C16H15N3O3.C11H9ClO3.C5H7N3/c1-10-4-7-17-15(18-10)19-14(20)16(5-6-16)11-2-3-12-13(8-11)22-9-21-12;12-10(13)11(3-4-11)7-1-2-8-9(5-7)15-6-14-8;1-4-2-3-7-5(6)8-4/h2-4,7-8H,5-6,9H2,1H3,(H,17,18,19,20);1-2,5H,3-4,6H2;2-3H,1H3,(H2,6,7,8). The number of halogens is 1. The van der Waals surface area contributed by atoms with Gasteiger partial charge in [0.05, 0.1) is 10.8 Å². The molecule has 1 amide bonds. The van der Waals surface area contributed by atoms with Crippen molar-refractivity contribution in [1.29, 1.82) is 0 Å². The van der Waals surface area contributed by atoms with Crippen molar-refractivity contribution in [2.75, 3.05) is 24.6 Å². The van der Waals surface area contributed by atoms with Crippen LogP contribution in [0.4, 0.5) is 11.9 Å². The van der Waals surface area contributed by atoms with Crippen LogP contribution >= 0.6 is 11.6 Å². The lowest BCUT2D eigenvalue weighted by Gasteiger charge is -2.15. The summed E-state index contributed by atoms with van der Waals surface area (Å²) in [7, 11) is 0. The third kappa shape index (κ3) is 6.46. The molecule has 12 nitrogen and oxygen atoms in total. The van der Waals surface area contributed by atoms with E-state index in [1.807, 2.05) is 50.2 Å². The monoisotopic (exact) mass is 630 g/mol. The van der Waals surface area contributed by atoms with Gasteiger partial charge >= 0.3 is 0 Å². The van der Waals surface area contributed by atoms with Gasteiger partial charge in [0.15, 0.2) is 23.0 Å². The summed E-state index contributed by atoms with van der Waals surface area (Å²) in [5.74, 6) is 3.47. The lowest BCUT2D eigenvalue weighted by molar-refractivity contribution is -0.118. The zero-order valence-corrected chi connectivity index (χ0v) is 25.5. The summed E-state index contributed by atoms with van der Waals surface area (Å²) in [4.78, 5) is 39.8. The second kappa shape index (κ2) is 12.2. The van der Waals surface area contributed by atoms with E-state index in [0.29, 0.717) is 23.4 Å². The van der Waals surface area contributed by atoms with Gasteiger partial charge in [-0.15, -0.1) is 0 Å². The minimum atomic E-state index is -0.506. The summed E-state index contributed by atoms with van der Waals surface area (Å²) in [6.45, 7) is 4.22. The summed E-state index contributed by atoms with van der Waals surface area (Å²) in [6.07, 6.45) is 6.55. The summed E-state index contributed by atoms with van der Waals surface area (Å²) >= 11 is 5.61. The van der Waals surface area contributed by atoms with E-state index in [9.17, 15) is 9.59 Å². The van der Waals surface area contributed by atoms with E-state index in [-0.39, 0.29) is 24.7 Å². The van der Waals surface area contributed by atoms with Gasteiger partial charge < -0.3 is 24.7 Å². The molecule has 0 atom stereocenters. The predicted octanol–water partition coefficient (Wildman–Crippen LogP) is 4.76. The highest BCUT2D eigenvalue weighted by Crippen LogP contribution is 2.52. The Hall–Kier alpha value is -4.97. The third-order valence-electron chi connectivity index (χ3n) is 7.99. The first kappa shape index (κ1) is 30.1. The zero-order valence-electron chi connectivity index (χ0n) is 24.7. The summed E-state index contributed by atoms with van der Waals surface area (Å²) in [6, 6.07) is 14.8. The van der Waals surface area contributed by atoms with Crippen LogP contribution in [-0.4, -0.2) is 44.7 Å². The average Bonchev–Trinajstić information content (AvgIpc) is 3.91. The van der Waals surface area contributed by atoms with Crippen LogP contribution in [-0.2, 0) is 20.4 Å². The largest absolute Gasteiger partial charge is 0.454 e. The molecule has 4 aromatic rings. The molecule has 45 heavy (non-hydrogen) atoms. The second-order valence-electron chi connectivity index (χ2n) is 11.1. The lowest BCUT2D eigenvalue weighted by atomic mass is 9.94. The number of benzene rings is 2. The molecule has 2 saturated carbocycles. The van der Waals surface area contributed by atoms with Gasteiger partial charge in [-0.3, -0.25) is 14.9 Å². The Bertz CT molecular complexity index is 1740. The number of aryl methyl sites for hydroxylation is 2. The average molecular weight is 631 g/mol. The molecular weight excluding hydrogens is 600 g/mol. The fourth-order valence-corrected chi connectivity index (χ4v) is 5.38. The zero-order chi connectivity index (χ0) is 31.6. The van der Waals surface area contributed by atoms with Gasteiger partial charge in [-0.1, -0.05) is 12.1 Å². The van der Waals surface area contributed by atoms with Crippen LogP contribution in [0.5, 0.6) is 23.0 Å². The predicted molar refractivity (Wildman–Crippen MR) is 164 cm³/mol. The Balaban J connectivity index is 0.000000134. The molecule has 0 spiro atoms. The number of fused-ring (bicyclic) bond motifs is 2. The molecule has 2 aromatic carbocycles. The molecule has 2 aromatic heterocycles. The van der Waals surface area contributed by atoms with Crippen LogP contribution in [0.1, 0.15) is 48.2 Å². The molecule has 3 N–H and O–H groups in total. The van der Waals surface area contributed by atoms with Crippen LogP contribution in [0.3, 0.4) is 0 Å². The summed E-state index contributed by atoms with van der Waals surface area (Å²) < 4.78 is 21.2. The summed E-state index contributed by atoms with van der Waals surface area (Å²) in [5.41, 5.74) is 7.88. The van der Waals surface area contributed by atoms with Crippen molar-refractivity contribution in [3.63, 3.8) is 0 Å². The first-order valence-corrected chi connectivity index (χ1v) is 14.7. The van der Waals surface area contributed by atoms with Crippen molar-refractivity contribution in [2.24, 2.45) is 0 Å². The van der Waals surface area contributed by atoms with Crippen molar-refractivity contribution < 1.29 is 28.5 Å². The maximum absolute atomic E-state index is 12.6. The van der Waals surface area contributed by atoms with E-state index < -0.39 is 10.8 Å². The number of nitrogens with one attached hydrogen (secondary N) is 1. The van der Waals surface area contributed by atoms with Gasteiger partial charge in [0, 0.05) is 23.8 Å². The Morgan fingerprint density at radius 3 is 1.71 bits per heavy atom. The quantitative estimate of drug-likeness (QED) is 0.292. The third-order valence-corrected chi connectivity index (χ3v) is 8.36. The number of carbonyl (C=O) groups excluding carboxylic acids is 2. The molecule has 0 unspecified atom stereocenters. The van der Waals surface area contributed by atoms with E-state index in [1.165, 1.54) is 0 Å². The highest BCUT2D eigenvalue weighted by Gasteiger charge is 2.52. The van der Waals surface area contributed by atoms with Crippen molar-refractivity contribution in [3.8, 4) is 23.0 Å². The van der Waals surface area contributed by atoms with E-state index >= 15 is 0 Å². The molecular formula is C32H31ClN6O6. The first-order valence-electron chi connectivity index (χ1n) is 14.3. The number of rotatable bonds is 5. The van der Waals surface area contributed by atoms with Gasteiger partial charge in [-0.25, -0.2) is 19.9 Å². The smallest absolute Gasteiger partial charge is 0.237 e. The molecule has 2 aliphatic carbocycles. The summed E-state index contributed by atoms with van der Waals surface area (Å²) in [5, 5.41) is 2.54. The van der Waals surface area contributed by atoms with Crippen molar-refractivity contribution in [3.05, 3.63) is 83.4 Å². The Labute approximate surface area is 264 Å². The molecule has 13 heteroatoms. The van der Waals surface area contributed by atoms with Gasteiger partial charge in [0.25, 0.3) is 0 Å². The maximum atomic E-state index is 12.6. The van der Waals surface area contributed by atoms with Crippen LogP contribution in [0, 0.1) is 13.8 Å².